The van der Waals surface area contributed by atoms with Crippen LogP contribution in [0.1, 0.15) is 0 Å². The van der Waals surface area contributed by atoms with E-state index >= 15 is 0 Å². The highest BCUT2D eigenvalue weighted by Crippen LogP contribution is 2.37. The van der Waals surface area contributed by atoms with E-state index in [1.54, 1.807) is 0 Å². The molecule has 0 aliphatic carbocycles. The summed E-state index contributed by atoms with van der Waals surface area (Å²) in [5.74, 6) is -0.0125. The Balaban J connectivity index is 2.42. The molecule has 0 saturated heterocycles. The summed E-state index contributed by atoms with van der Waals surface area (Å²) in [6.07, 6.45) is -0.739. The third kappa shape index (κ3) is 2.47. The molecular formula is C10H9F3O5S. The number of hydrogen-bond donors (Lipinski definition) is 1. The molecule has 0 amide bonds. The highest BCUT2D eigenvalue weighted by molar-refractivity contribution is 7.92. The van der Waals surface area contributed by atoms with Crippen molar-refractivity contribution in [3.8, 4) is 11.5 Å². The molecule has 19 heavy (non-hydrogen) atoms. The number of benzene rings is 1. The zero-order chi connectivity index (χ0) is 14.3. The van der Waals surface area contributed by atoms with E-state index in [1.165, 1.54) is 0 Å². The van der Waals surface area contributed by atoms with E-state index in [4.69, 9.17) is 14.6 Å². The lowest BCUT2D eigenvalue weighted by Gasteiger charge is -2.25. The first-order valence-electron chi connectivity index (χ1n) is 5.11. The molecule has 1 heterocycles. The van der Waals surface area contributed by atoms with Crippen molar-refractivity contribution < 1.29 is 36.2 Å². The van der Waals surface area contributed by atoms with Crippen LogP contribution < -0.4 is 9.47 Å². The lowest BCUT2D eigenvalue weighted by Crippen LogP contribution is -2.32. The second-order valence-corrected chi connectivity index (χ2v) is 5.73. The third-order valence-electron chi connectivity index (χ3n) is 2.45. The molecule has 0 aromatic heterocycles. The zero-order valence-electron chi connectivity index (χ0n) is 9.35. The Bertz CT molecular complexity index is 581. The Morgan fingerprint density at radius 1 is 1.32 bits per heavy atom. The van der Waals surface area contributed by atoms with Crippen LogP contribution in [0.15, 0.2) is 23.1 Å². The first-order chi connectivity index (χ1) is 8.75. The van der Waals surface area contributed by atoms with Crippen LogP contribution in [0.3, 0.4) is 0 Å². The maximum absolute atomic E-state index is 12.4. The second-order valence-electron chi connectivity index (χ2n) is 3.79. The molecule has 1 aliphatic heterocycles. The van der Waals surface area contributed by atoms with Crippen LogP contribution in [0.25, 0.3) is 0 Å². The smallest absolute Gasteiger partial charge is 0.486 e. The van der Waals surface area contributed by atoms with E-state index in [0.29, 0.717) is 0 Å². The van der Waals surface area contributed by atoms with Gasteiger partial charge in [-0.1, -0.05) is 0 Å². The van der Waals surface area contributed by atoms with Gasteiger partial charge >= 0.3 is 5.51 Å². The fourth-order valence-electron chi connectivity index (χ4n) is 1.49. The van der Waals surface area contributed by atoms with Crippen LogP contribution in [0.5, 0.6) is 11.5 Å². The summed E-state index contributed by atoms with van der Waals surface area (Å²) < 4.78 is 69.9. The highest BCUT2D eigenvalue weighted by Gasteiger charge is 2.47. The van der Waals surface area contributed by atoms with Gasteiger partial charge < -0.3 is 14.6 Å². The van der Waals surface area contributed by atoms with Gasteiger partial charge in [-0.3, -0.25) is 0 Å². The first-order valence-corrected chi connectivity index (χ1v) is 6.60. The van der Waals surface area contributed by atoms with Gasteiger partial charge in [0.1, 0.15) is 6.61 Å². The fraction of sp³-hybridized carbons (Fsp3) is 0.400. The van der Waals surface area contributed by atoms with Crippen LogP contribution >= 0.6 is 0 Å². The van der Waals surface area contributed by atoms with E-state index < -0.39 is 33.0 Å². The van der Waals surface area contributed by atoms with Crippen LogP contribution in [-0.4, -0.2) is 38.4 Å². The second kappa shape index (κ2) is 4.57. The lowest BCUT2D eigenvalue weighted by molar-refractivity contribution is -0.0436. The molecule has 1 aromatic carbocycles. The van der Waals surface area contributed by atoms with Crippen molar-refractivity contribution in [1.82, 2.24) is 0 Å². The molecule has 5 nitrogen and oxygen atoms in total. The van der Waals surface area contributed by atoms with Gasteiger partial charge in [-0.25, -0.2) is 8.42 Å². The van der Waals surface area contributed by atoms with Gasteiger partial charge in [0, 0.05) is 6.07 Å². The lowest BCUT2D eigenvalue weighted by atomic mass is 10.2. The van der Waals surface area contributed by atoms with E-state index in [2.05, 4.69) is 0 Å². The minimum atomic E-state index is -5.43. The summed E-state index contributed by atoms with van der Waals surface area (Å²) >= 11 is 0. The summed E-state index contributed by atoms with van der Waals surface area (Å²) in [5.41, 5.74) is -5.38. The fourth-order valence-corrected chi connectivity index (χ4v) is 2.26. The molecule has 1 aromatic rings. The number of aliphatic hydroxyl groups is 1. The van der Waals surface area contributed by atoms with Crippen molar-refractivity contribution in [2.75, 3.05) is 13.2 Å². The summed E-state index contributed by atoms with van der Waals surface area (Å²) in [5, 5.41) is 8.87. The molecule has 0 fully saturated rings. The third-order valence-corrected chi connectivity index (χ3v) is 3.94. The monoisotopic (exact) mass is 298 g/mol. The largest absolute Gasteiger partial charge is 0.501 e. The minimum absolute atomic E-state index is 0.0366. The molecule has 0 radical (unpaired) electrons. The molecule has 2 rings (SSSR count). The molecule has 106 valence electrons. The van der Waals surface area contributed by atoms with Gasteiger partial charge in [0.05, 0.1) is 11.5 Å². The standard InChI is InChI=1S/C10H9F3O5S/c11-10(12,13)19(15,16)7-1-2-8-9(3-7)18-6(4-14)5-17-8/h1-3,6,14H,4-5H2/t6-/m0/s1. The molecule has 1 N–H and O–H groups in total. The van der Waals surface area contributed by atoms with Crippen LogP contribution in [0.2, 0.25) is 0 Å². The average Bonchev–Trinajstić information content (AvgIpc) is 2.36. The first kappa shape index (κ1) is 13.9. The maximum atomic E-state index is 12.4. The predicted octanol–water partition coefficient (Wildman–Crippen LogP) is 1.11. The number of halogens is 3. The summed E-state index contributed by atoms with van der Waals surface area (Å²) in [4.78, 5) is -0.930. The van der Waals surface area contributed by atoms with E-state index in [1.807, 2.05) is 0 Å². The van der Waals surface area contributed by atoms with Crippen molar-refractivity contribution >= 4 is 9.84 Å². The average molecular weight is 298 g/mol. The molecule has 0 spiro atoms. The van der Waals surface area contributed by atoms with Crippen molar-refractivity contribution in [3.05, 3.63) is 18.2 Å². The molecule has 0 unspecified atom stereocenters. The Hall–Kier alpha value is -1.48. The van der Waals surface area contributed by atoms with Gasteiger partial charge in [-0.2, -0.15) is 13.2 Å². The highest BCUT2D eigenvalue weighted by atomic mass is 32.2. The molecule has 0 bridgehead atoms. The van der Waals surface area contributed by atoms with Gasteiger partial charge in [-0.05, 0) is 12.1 Å². The topological polar surface area (TPSA) is 72.8 Å². The van der Waals surface area contributed by atoms with E-state index in [-0.39, 0.29) is 18.1 Å². The predicted molar refractivity (Wildman–Crippen MR) is 56.7 cm³/mol. The van der Waals surface area contributed by atoms with Crippen LogP contribution in [0.4, 0.5) is 13.2 Å². The van der Waals surface area contributed by atoms with Crippen LogP contribution in [0, 0.1) is 0 Å². The summed E-state index contributed by atoms with van der Waals surface area (Å²) in [6.45, 7) is -0.357. The maximum Gasteiger partial charge on any atom is 0.501 e. The van der Waals surface area contributed by atoms with Gasteiger partial charge in [0.15, 0.2) is 17.6 Å². The van der Waals surface area contributed by atoms with E-state index in [0.717, 1.165) is 18.2 Å². The van der Waals surface area contributed by atoms with Crippen molar-refractivity contribution in [2.45, 2.75) is 16.5 Å². The van der Waals surface area contributed by atoms with Gasteiger partial charge in [0.2, 0.25) is 0 Å². The van der Waals surface area contributed by atoms with Crippen molar-refractivity contribution in [2.24, 2.45) is 0 Å². The SMILES string of the molecule is O=S(=O)(c1ccc2c(c1)O[C@@H](CO)CO2)C(F)(F)F. The Labute approximate surface area is 106 Å². The summed E-state index contributed by atoms with van der Waals surface area (Å²) in [7, 11) is -5.43. The number of ether oxygens (including phenoxy) is 2. The Morgan fingerprint density at radius 3 is 2.58 bits per heavy atom. The number of fused-ring (bicyclic) bond motifs is 1. The summed E-state index contributed by atoms with van der Waals surface area (Å²) in [6, 6.07) is 2.62. The van der Waals surface area contributed by atoms with Crippen molar-refractivity contribution in [1.29, 1.82) is 0 Å². The number of hydrogen-bond acceptors (Lipinski definition) is 5. The van der Waals surface area contributed by atoms with Gasteiger partial charge in [-0.15, -0.1) is 0 Å². The van der Waals surface area contributed by atoms with Crippen LogP contribution in [-0.2, 0) is 9.84 Å². The number of alkyl halides is 3. The number of sulfone groups is 1. The molecule has 1 aliphatic rings. The minimum Gasteiger partial charge on any atom is -0.486 e. The molecule has 9 heteroatoms. The van der Waals surface area contributed by atoms with Gasteiger partial charge in [0.25, 0.3) is 9.84 Å². The Morgan fingerprint density at radius 2 is 2.00 bits per heavy atom. The molecular weight excluding hydrogens is 289 g/mol. The number of aliphatic hydroxyl groups excluding tert-OH is 1. The molecule has 0 saturated carbocycles. The van der Waals surface area contributed by atoms with E-state index in [9.17, 15) is 21.6 Å². The number of rotatable bonds is 2. The molecule has 1 atom stereocenters. The van der Waals surface area contributed by atoms with Crippen molar-refractivity contribution in [3.63, 3.8) is 0 Å². The zero-order valence-corrected chi connectivity index (χ0v) is 10.2. The quantitative estimate of drug-likeness (QED) is 0.885. The normalized spacial score (nSPS) is 19.3. The Kier molecular flexibility index (Phi) is 3.35.